The van der Waals surface area contributed by atoms with Gasteiger partial charge in [0.15, 0.2) is 5.65 Å². The van der Waals surface area contributed by atoms with E-state index in [-0.39, 0.29) is 11.5 Å². The van der Waals surface area contributed by atoms with Crippen molar-refractivity contribution in [2.75, 3.05) is 0 Å². The lowest BCUT2D eigenvalue weighted by Crippen LogP contribution is -2.20. The largest absolute Gasteiger partial charge is 0.296 e. The van der Waals surface area contributed by atoms with E-state index in [1.165, 1.54) is 15.6 Å². The number of aryl methyl sites for hydroxylation is 1. The molecule has 0 amide bonds. The van der Waals surface area contributed by atoms with Gasteiger partial charge < -0.3 is 0 Å². The smallest absolute Gasteiger partial charge is 0.272 e. The summed E-state index contributed by atoms with van der Waals surface area (Å²) < 4.78 is 1.49. The molecular formula is C21H18N4O. The molecule has 0 aliphatic heterocycles. The first-order valence-corrected chi connectivity index (χ1v) is 8.89. The molecule has 0 radical (unpaired) electrons. The molecular weight excluding hydrogens is 324 g/mol. The Morgan fingerprint density at radius 2 is 1.92 bits per heavy atom. The van der Waals surface area contributed by atoms with Crippen molar-refractivity contribution in [1.29, 1.82) is 0 Å². The van der Waals surface area contributed by atoms with Gasteiger partial charge in [-0.05, 0) is 42.5 Å². The highest BCUT2D eigenvalue weighted by atomic mass is 16.1. The van der Waals surface area contributed by atoms with Crippen LogP contribution in [0, 0.1) is 0 Å². The zero-order valence-corrected chi connectivity index (χ0v) is 14.2. The van der Waals surface area contributed by atoms with E-state index >= 15 is 0 Å². The van der Waals surface area contributed by atoms with Gasteiger partial charge in [-0.25, -0.2) is 9.50 Å². The minimum Gasteiger partial charge on any atom is -0.296 e. The van der Waals surface area contributed by atoms with E-state index in [0.29, 0.717) is 5.65 Å². The normalized spacial score (nSPS) is 16.5. The van der Waals surface area contributed by atoms with Gasteiger partial charge in [0.1, 0.15) is 0 Å². The summed E-state index contributed by atoms with van der Waals surface area (Å²) in [5.74, 6) is 0.272. The van der Waals surface area contributed by atoms with Gasteiger partial charge in [0.2, 0.25) is 0 Å². The Balaban J connectivity index is 1.61. The number of benzene rings is 1. The molecule has 3 heterocycles. The molecule has 0 fully saturated rings. The van der Waals surface area contributed by atoms with E-state index in [0.717, 1.165) is 36.2 Å². The number of nitrogens with one attached hydrogen (secondary N) is 1. The third-order valence-corrected chi connectivity index (χ3v) is 5.22. The second kappa shape index (κ2) is 5.95. The zero-order chi connectivity index (χ0) is 17.5. The fourth-order valence-corrected chi connectivity index (χ4v) is 3.87. The molecule has 1 aliphatic carbocycles. The van der Waals surface area contributed by atoms with Crippen molar-refractivity contribution in [1.82, 2.24) is 19.6 Å². The van der Waals surface area contributed by atoms with E-state index in [4.69, 9.17) is 4.98 Å². The molecule has 0 bridgehead atoms. The summed E-state index contributed by atoms with van der Waals surface area (Å²) in [6, 6.07) is 16.0. The Morgan fingerprint density at radius 1 is 1.08 bits per heavy atom. The predicted octanol–water partition coefficient (Wildman–Crippen LogP) is 3.36. The van der Waals surface area contributed by atoms with Crippen LogP contribution in [0.5, 0.6) is 0 Å². The van der Waals surface area contributed by atoms with Crippen molar-refractivity contribution in [2.45, 2.75) is 25.2 Å². The quantitative estimate of drug-likeness (QED) is 0.607. The molecule has 1 aliphatic rings. The van der Waals surface area contributed by atoms with Crippen LogP contribution in [0.1, 0.15) is 29.2 Å². The lowest BCUT2D eigenvalue weighted by molar-refractivity contribution is 0.569. The van der Waals surface area contributed by atoms with Crippen LogP contribution in [0.4, 0.5) is 0 Å². The van der Waals surface area contributed by atoms with Crippen molar-refractivity contribution < 1.29 is 0 Å². The molecule has 1 atom stereocenters. The van der Waals surface area contributed by atoms with Crippen molar-refractivity contribution in [3.63, 3.8) is 0 Å². The van der Waals surface area contributed by atoms with Crippen LogP contribution in [0.2, 0.25) is 0 Å². The maximum absolute atomic E-state index is 12.6. The number of rotatable bonds is 2. The molecule has 3 aromatic heterocycles. The van der Waals surface area contributed by atoms with Crippen LogP contribution in [0.15, 0.2) is 65.7 Å². The third-order valence-electron chi connectivity index (χ3n) is 5.22. The second-order valence-corrected chi connectivity index (χ2v) is 6.79. The van der Waals surface area contributed by atoms with E-state index in [9.17, 15) is 4.79 Å². The highest BCUT2D eigenvalue weighted by molar-refractivity contribution is 5.74. The van der Waals surface area contributed by atoms with E-state index < -0.39 is 0 Å². The summed E-state index contributed by atoms with van der Waals surface area (Å²) in [5, 5.41) is 3.00. The van der Waals surface area contributed by atoms with Crippen molar-refractivity contribution in [3.05, 3.63) is 88.1 Å². The zero-order valence-electron chi connectivity index (χ0n) is 14.2. The molecule has 0 saturated carbocycles. The maximum Gasteiger partial charge on any atom is 0.272 e. The number of fused-ring (bicyclic) bond motifs is 2. The molecule has 5 heteroatoms. The molecule has 1 aromatic carbocycles. The fourth-order valence-electron chi connectivity index (χ4n) is 3.87. The fraction of sp³-hybridized carbons (Fsp3) is 0.190. The Hall–Kier alpha value is -3.21. The van der Waals surface area contributed by atoms with Crippen molar-refractivity contribution >= 4 is 5.65 Å². The number of H-pyrrole nitrogens is 1. The molecule has 5 nitrogen and oxygen atoms in total. The van der Waals surface area contributed by atoms with E-state index in [2.05, 4.69) is 34.3 Å². The van der Waals surface area contributed by atoms with Crippen LogP contribution in [-0.2, 0) is 12.8 Å². The van der Waals surface area contributed by atoms with E-state index in [1.807, 2.05) is 18.2 Å². The molecule has 4 aromatic rings. The van der Waals surface area contributed by atoms with Crippen LogP contribution >= 0.6 is 0 Å². The Morgan fingerprint density at radius 3 is 2.77 bits per heavy atom. The minimum atomic E-state index is -0.0777. The molecule has 128 valence electrons. The Bertz CT molecular complexity index is 1140. The van der Waals surface area contributed by atoms with Gasteiger partial charge in [0.05, 0.1) is 17.0 Å². The first-order chi connectivity index (χ1) is 12.8. The van der Waals surface area contributed by atoms with E-state index in [1.54, 1.807) is 18.5 Å². The summed E-state index contributed by atoms with van der Waals surface area (Å²) in [5.41, 5.74) is 5.88. The molecule has 5 rings (SSSR count). The standard InChI is InChI=1S/C21H18N4O/c26-20-12-19(16-9-8-14-5-1-2-6-15(14)11-16)24-21-17(13-23-25(20)21)18-7-3-4-10-22-18/h1-7,10,12-13,16,23H,8-9,11H2. The summed E-state index contributed by atoms with van der Waals surface area (Å²) in [6.45, 7) is 0. The highest BCUT2D eigenvalue weighted by Crippen LogP contribution is 2.32. The van der Waals surface area contributed by atoms with Gasteiger partial charge in [-0.2, -0.15) is 0 Å². The molecule has 1 N–H and O–H groups in total. The first kappa shape index (κ1) is 15.1. The highest BCUT2D eigenvalue weighted by Gasteiger charge is 2.22. The molecule has 0 saturated heterocycles. The number of aromatic nitrogens is 4. The van der Waals surface area contributed by atoms with Gasteiger partial charge in [-0.1, -0.05) is 30.3 Å². The maximum atomic E-state index is 12.6. The predicted molar refractivity (Wildman–Crippen MR) is 100 cm³/mol. The monoisotopic (exact) mass is 342 g/mol. The summed E-state index contributed by atoms with van der Waals surface area (Å²) >= 11 is 0. The average molecular weight is 342 g/mol. The van der Waals surface area contributed by atoms with Crippen molar-refractivity contribution in [2.24, 2.45) is 0 Å². The molecule has 26 heavy (non-hydrogen) atoms. The lowest BCUT2D eigenvalue weighted by atomic mass is 9.82. The Kier molecular flexibility index (Phi) is 3.45. The second-order valence-electron chi connectivity index (χ2n) is 6.79. The summed E-state index contributed by atoms with van der Waals surface area (Å²) in [4.78, 5) is 21.9. The van der Waals surface area contributed by atoms with Crippen molar-refractivity contribution in [3.8, 4) is 11.3 Å². The molecule has 1 unspecified atom stereocenters. The average Bonchev–Trinajstić information content (AvgIpc) is 3.13. The first-order valence-electron chi connectivity index (χ1n) is 8.89. The number of hydrogen-bond donors (Lipinski definition) is 1. The van der Waals surface area contributed by atoms with Gasteiger partial charge in [-0.15, -0.1) is 0 Å². The van der Waals surface area contributed by atoms with Gasteiger partial charge >= 0.3 is 0 Å². The Labute approximate surface area is 150 Å². The van der Waals surface area contributed by atoms with Crippen LogP contribution < -0.4 is 5.56 Å². The van der Waals surface area contributed by atoms with Crippen LogP contribution in [-0.4, -0.2) is 19.6 Å². The van der Waals surface area contributed by atoms with Crippen LogP contribution in [0.3, 0.4) is 0 Å². The molecule has 0 spiro atoms. The van der Waals surface area contributed by atoms with Gasteiger partial charge in [0, 0.05) is 24.4 Å². The topological polar surface area (TPSA) is 63.0 Å². The number of pyridine rings is 1. The summed E-state index contributed by atoms with van der Waals surface area (Å²) in [7, 11) is 0. The number of nitrogens with zero attached hydrogens (tertiary/aromatic N) is 3. The van der Waals surface area contributed by atoms with Gasteiger partial charge in [0.25, 0.3) is 5.56 Å². The van der Waals surface area contributed by atoms with Crippen LogP contribution in [0.25, 0.3) is 16.9 Å². The minimum absolute atomic E-state index is 0.0777. The third kappa shape index (κ3) is 2.44. The lowest BCUT2D eigenvalue weighted by Gasteiger charge is -2.24. The number of aromatic amines is 1. The number of hydrogen-bond acceptors (Lipinski definition) is 3. The van der Waals surface area contributed by atoms with Gasteiger partial charge in [-0.3, -0.25) is 14.9 Å². The SMILES string of the molecule is O=c1cc(C2CCc3ccccc3C2)nc2c(-c3ccccn3)c[nH]n12. The summed E-state index contributed by atoms with van der Waals surface area (Å²) in [6.07, 6.45) is 6.53.